The first-order valence-electron chi connectivity index (χ1n) is 6.52. The molecule has 0 amide bonds. The zero-order valence-corrected chi connectivity index (χ0v) is 11.9. The average Bonchev–Trinajstić information content (AvgIpc) is 2.46. The molecule has 2 aromatic carbocycles. The van der Waals surface area contributed by atoms with Gasteiger partial charge in [-0.25, -0.2) is 8.78 Å². The van der Waals surface area contributed by atoms with Gasteiger partial charge >= 0.3 is 0 Å². The molecule has 5 heteroatoms. The molecule has 0 bridgehead atoms. The van der Waals surface area contributed by atoms with Crippen LogP contribution in [0.4, 0.5) is 8.78 Å². The van der Waals surface area contributed by atoms with Crippen LogP contribution in [0.1, 0.15) is 24.1 Å². The van der Waals surface area contributed by atoms with Crippen LogP contribution >= 0.6 is 0 Å². The summed E-state index contributed by atoms with van der Waals surface area (Å²) in [5, 5.41) is 0. The zero-order valence-electron chi connectivity index (χ0n) is 11.9. The molecule has 21 heavy (non-hydrogen) atoms. The predicted molar refractivity (Wildman–Crippen MR) is 76.3 cm³/mol. The van der Waals surface area contributed by atoms with E-state index in [1.54, 1.807) is 25.1 Å². The summed E-state index contributed by atoms with van der Waals surface area (Å²) in [6.45, 7) is 1.73. The van der Waals surface area contributed by atoms with E-state index in [4.69, 9.17) is 15.2 Å². The minimum atomic E-state index is -0.487. The molecular formula is C16H17F2NO2. The fourth-order valence-electron chi connectivity index (χ4n) is 1.99. The largest absolute Gasteiger partial charge is 0.494 e. The van der Waals surface area contributed by atoms with E-state index in [9.17, 15) is 8.78 Å². The van der Waals surface area contributed by atoms with E-state index in [0.29, 0.717) is 16.9 Å². The second-order valence-electron chi connectivity index (χ2n) is 4.69. The average molecular weight is 293 g/mol. The van der Waals surface area contributed by atoms with Crippen molar-refractivity contribution in [1.29, 1.82) is 0 Å². The maximum atomic E-state index is 14.0. The van der Waals surface area contributed by atoms with Gasteiger partial charge in [-0.2, -0.15) is 0 Å². The summed E-state index contributed by atoms with van der Waals surface area (Å²) < 4.78 is 37.8. The van der Waals surface area contributed by atoms with Crippen molar-refractivity contribution in [1.82, 2.24) is 0 Å². The van der Waals surface area contributed by atoms with Crippen LogP contribution in [-0.4, -0.2) is 7.11 Å². The van der Waals surface area contributed by atoms with Crippen LogP contribution in [0.3, 0.4) is 0 Å². The lowest BCUT2D eigenvalue weighted by atomic mass is 10.1. The maximum Gasteiger partial charge on any atom is 0.171 e. The van der Waals surface area contributed by atoms with E-state index in [2.05, 4.69) is 0 Å². The molecule has 2 aromatic rings. The Morgan fingerprint density at radius 1 is 1.14 bits per heavy atom. The molecule has 0 spiro atoms. The fraction of sp³-hybridized carbons (Fsp3) is 0.250. The Morgan fingerprint density at radius 2 is 1.90 bits per heavy atom. The molecule has 0 fully saturated rings. The summed E-state index contributed by atoms with van der Waals surface area (Å²) in [4.78, 5) is 0. The first-order chi connectivity index (χ1) is 10.0. The van der Waals surface area contributed by atoms with Gasteiger partial charge in [-0.3, -0.25) is 0 Å². The molecule has 1 unspecified atom stereocenters. The van der Waals surface area contributed by atoms with Gasteiger partial charge < -0.3 is 15.2 Å². The summed E-state index contributed by atoms with van der Waals surface area (Å²) >= 11 is 0. The Kier molecular flexibility index (Phi) is 4.75. The maximum absolute atomic E-state index is 14.0. The molecule has 0 aliphatic heterocycles. The molecule has 0 aromatic heterocycles. The highest BCUT2D eigenvalue weighted by Gasteiger charge is 2.12. The SMILES string of the molecule is COc1cccc(COc2cc(F)ccc2C(C)N)c1F. The first-order valence-corrected chi connectivity index (χ1v) is 6.52. The molecule has 2 N–H and O–H groups in total. The van der Waals surface area contributed by atoms with Gasteiger partial charge in [-0.1, -0.05) is 18.2 Å². The Hall–Kier alpha value is -2.14. The third kappa shape index (κ3) is 3.49. The summed E-state index contributed by atoms with van der Waals surface area (Å²) in [5.41, 5.74) is 6.81. The van der Waals surface area contributed by atoms with Crippen LogP contribution in [0.15, 0.2) is 36.4 Å². The molecule has 3 nitrogen and oxygen atoms in total. The molecule has 0 radical (unpaired) electrons. The number of methoxy groups -OCH3 is 1. The molecule has 0 heterocycles. The number of hydrogen-bond donors (Lipinski definition) is 1. The van der Waals surface area contributed by atoms with Crippen LogP contribution in [0, 0.1) is 11.6 Å². The van der Waals surface area contributed by atoms with E-state index < -0.39 is 11.6 Å². The zero-order chi connectivity index (χ0) is 15.4. The summed E-state index contributed by atoms with van der Waals surface area (Å²) in [6.07, 6.45) is 0. The predicted octanol–water partition coefficient (Wildman–Crippen LogP) is 3.57. The normalized spacial score (nSPS) is 12.0. The van der Waals surface area contributed by atoms with Crippen molar-refractivity contribution in [2.75, 3.05) is 7.11 Å². The van der Waals surface area contributed by atoms with Crippen LogP contribution in [0.2, 0.25) is 0 Å². The number of ether oxygens (including phenoxy) is 2. The van der Waals surface area contributed by atoms with E-state index in [-0.39, 0.29) is 18.4 Å². The second kappa shape index (κ2) is 6.54. The standard InChI is InChI=1S/C16H17F2NO2/c1-10(19)13-7-6-12(17)8-15(13)21-9-11-4-3-5-14(20-2)16(11)18/h3-8,10H,9,19H2,1-2H3. The smallest absolute Gasteiger partial charge is 0.171 e. The van der Waals surface area contributed by atoms with Gasteiger partial charge in [-0.05, 0) is 19.1 Å². The summed E-state index contributed by atoms with van der Waals surface area (Å²) in [5.74, 6) is -0.464. The van der Waals surface area contributed by atoms with Crippen molar-refractivity contribution in [3.8, 4) is 11.5 Å². The summed E-state index contributed by atoms with van der Waals surface area (Å²) in [6, 6.07) is 8.59. The fourth-order valence-corrected chi connectivity index (χ4v) is 1.99. The quantitative estimate of drug-likeness (QED) is 0.916. The highest BCUT2D eigenvalue weighted by molar-refractivity contribution is 5.37. The van der Waals surface area contributed by atoms with Gasteiger partial charge in [0.05, 0.1) is 7.11 Å². The Bertz CT molecular complexity index is 630. The lowest BCUT2D eigenvalue weighted by Crippen LogP contribution is -2.09. The Labute approximate surface area is 122 Å². The molecule has 2 rings (SSSR count). The molecule has 0 saturated heterocycles. The first kappa shape index (κ1) is 15.3. The van der Waals surface area contributed by atoms with Crippen molar-refractivity contribution < 1.29 is 18.3 Å². The number of halogens is 2. The molecular weight excluding hydrogens is 276 g/mol. The topological polar surface area (TPSA) is 44.5 Å². The minimum Gasteiger partial charge on any atom is -0.494 e. The third-order valence-electron chi connectivity index (χ3n) is 3.11. The van der Waals surface area contributed by atoms with E-state index in [0.717, 1.165) is 0 Å². The molecule has 0 aliphatic rings. The van der Waals surface area contributed by atoms with Crippen LogP contribution in [-0.2, 0) is 6.61 Å². The molecule has 112 valence electrons. The lowest BCUT2D eigenvalue weighted by molar-refractivity contribution is 0.290. The van der Waals surface area contributed by atoms with Crippen molar-refractivity contribution in [3.05, 3.63) is 59.2 Å². The van der Waals surface area contributed by atoms with Crippen molar-refractivity contribution in [2.45, 2.75) is 19.6 Å². The monoisotopic (exact) mass is 293 g/mol. The molecule has 1 atom stereocenters. The van der Waals surface area contributed by atoms with E-state index in [1.807, 2.05) is 0 Å². The van der Waals surface area contributed by atoms with Crippen LogP contribution in [0.5, 0.6) is 11.5 Å². The number of benzene rings is 2. The third-order valence-corrected chi connectivity index (χ3v) is 3.11. The van der Waals surface area contributed by atoms with Gasteiger partial charge in [0.25, 0.3) is 0 Å². The summed E-state index contributed by atoms with van der Waals surface area (Å²) in [7, 11) is 1.39. The molecule has 0 saturated carbocycles. The van der Waals surface area contributed by atoms with E-state index >= 15 is 0 Å². The number of hydrogen-bond acceptors (Lipinski definition) is 3. The van der Waals surface area contributed by atoms with Gasteiger partial charge in [-0.15, -0.1) is 0 Å². The van der Waals surface area contributed by atoms with Gasteiger partial charge in [0.15, 0.2) is 11.6 Å². The van der Waals surface area contributed by atoms with Gasteiger partial charge in [0, 0.05) is 23.2 Å². The minimum absolute atomic E-state index is 0.0355. The van der Waals surface area contributed by atoms with Crippen LogP contribution < -0.4 is 15.2 Å². The highest BCUT2D eigenvalue weighted by atomic mass is 19.1. The molecule has 0 aliphatic carbocycles. The van der Waals surface area contributed by atoms with Crippen LogP contribution in [0.25, 0.3) is 0 Å². The second-order valence-corrected chi connectivity index (χ2v) is 4.69. The number of nitrogens with two attached hydrogens (primary N) is 1. The Balaban J connectivity index is 2.22. The van der Waals surface area contributed by atoms with Crippen molar-refractivity contribution >= 4 is 0 Å². The lowest BCUT2D eigenvalue weighted by Gasteiger charge is -2.15. The van der Waals surface area contributed by atoms with Gasteiger partial charge in [0.1, 0.15) is 18.2 Å². The Morgan fingerprint density at radius 3 is 2.57 bits per heavy atom. The van der Waals surface area contributed by atoms with Crippen molar-refractivity contribution in [2.24, 2.45) is 5.73 Å². The number of rotatable bonds is 5. The van der Waals surface area contributed by atoms with E-state index in [1.165, 1.54) is 25.3 Å². The van der Waals surface area contributed by atoms with Gasteiger partial charge in [0.2, 0.25) is 0 Å². The highest BCUT2D eigenvalue weighted by Crippen LogP contribution is 2.27. The van der Waals surface area contributed by atoms with Crippen molar-refractivity contribution in [3.63, 3.8) is 0 Å².